The van der Waals surface area contributed by atoms with Gasteiger partial charge in [-0.15, -0.1) is 0 Å². The molecule has 1 aliphatic rings. The van der Waals surface area contributed by atoms with Gasteiger partial charge in [0.1, 0.15) is 11.4 Å². The van der Waals surface area contributed by atoms with Gasteiger partial charge in [0.15, 0.2) is 6.04 Å². The van der Waals surface area contributed by atoms with Crippen LogP contribution in [0.15, 0.2) is 30.3 Å². The molecule has 23 heavy (non-hydrogen) atoms. The molecular weight excluding hydrogens is 301 g/mol. The molecule has 124 valence electrons. The molecule has 0 fully saturated rings. The lowest BCUT2D eigenvalue weighted by Crippen LogP contribution is -2.44. The number of esters is 1. The lowest BCUT2D eigenvalue weighted by Gasteiger charge is -2.27. The van der Waals surface area contributed by atoms with E-state index in [1.807, 2.05) is 0 Å². The average molecular weight is 321 g/mol. The molecule has 1 aromatic rings. The Morgan fingerprint density at radius 3 is 2.35 bits per heavy atom. The van der Waals surface area contributed by atoms with Crippen LogP contribution in [-0.4, -0.2) is 42.3 Å². The van der Waals surface area contributed by atoms with Gasteiger partial charge in [-0.1, -0.05) is 12.1 Å². The van der Waals surface area contributed by atoms with Gasteiger partial charge in [0.05, 0.1) is 13.7 Å². The Hall–Kier alpha value is -2.37. The summed E-state index contributed by atoms with van der Waals surface area (Å²) in [5, 5.41) is 0. The number of hydrogen-bond acceptors (Lipinski definition) is 4. The van der Waals surface area contributed by atoms with Crippen LogP contribution in [0.25, 0.3) is 5.57 Å². The summed E-state index contributed by atoms with van der Waals surface area (Å²) < 4.78 is 23.1. The van der Waals surface area contributed by atoms with E-state index >= 15 is 0 Å². The molecule has 5 nitrogen and oxygen atoms in total. The topological polar surface area (TPSA) is 55.8 Å². The van der Waals surface area contributed by atoms with Gasteiger partial charge in [0.25, 0.3) is 0 Å². The van der Waals surface area contributed by atoms with Gasteiger partial charge in [-0.3, -0.25) is 4.90 Å². The van der Waals surface area contributed by atoms with E-state index in [0.717, 1.165) is 11.1 Å². The predicted molar refractivity (Wildman–Crippen MR) is 83.1 cm³/mol. The zero-order valence-electron chi connectivity index (χ0n) is 13.6. The molecule has 0 radical (unpaired) electrons. The summed E-state index contributed by atoms with van der Waals surface area (Å²) in [6.07, 6.45) is 1.05. The van der Waals surface area contributed by atoms with Crippen molar-refractivity contribution in [3.8, 4) is 0 Å². The van der Waals surface area contributed by atoms with Crippen molar-refractivity contribution in [3.63, 3.8) is 0 Å². The Labute approximate surface area is 134 Å². The minimum absolute atomic E-state index is 0.195. The maximum Gasteiger partial charge on any atom is 0.411 e. The average Bonchev–Trinajstić information content (AvgIpc) is 2.90. The van der Waals surface area contributed by atoms with Crippen LogP contribution in [0, 0.1) is 5.82 Å². The number of rotatable bonds is 2. The monoisotopic (exact) mass is 321 g/mol. The first-order valence-electron chi connectivity index (χ1n) is 7.25. The second-order valence-corrected chi connectivity index (χ2v) is 6.28. The van der Waals surface area contributed by atoms with Crippen LogP contribution >= 0.6 is 0 Å². The van der Waals surface area contributed by atoms with E-state index in [1.165, 1.54) is 24.1 Å². The van der Waals surface area contributed by atoms with Gasteiger partial charge in [-0.25, -0.2) is 14.0 Å². The lowest BCUT2D eigenvalue weighted by molar-refractivity contribution is -0.144. The first-order chi connectivity index (χ1) is 10.7. The van der Waals surface area contributed by atoms with Crippen LogP contribution < -0.4 is 0 Å². The number of methoxy groups -OCH3 is 1. The number of hydrogen-bond donors (Lipinski definition) is 0. The molecule has 0 unspecified atom stereocenters. The molecule has 0 aromatic heterocycles. The van der Waals surface area contributed by atoms with Crippen LogP contribution in [-0.2, 0) is 14.3 Å². The fourth-order valence-electron chi connectivity index (χ4n) is 2.28. The first kappa shape index (κ1) is 17.0. The largest absolute Gasteiger partial charge is 0.467 e. The molecule has 1 aliphatic heterocycles. The number of nitrogens with zero attached hydrogens (tertiary/aromatic N) is 1. The van der Waals surface area contributed by atoms with Gasteiger partial charge in [0, 0.05) is 0 Å². The Morgan fingerprint density at radius 2 is 1.83 bits per heavy atom. The van der Waals surface area contributed by atoms with Crippen LogP contribution in [0.3, 0.4) is 0 Å². The summed E-state index contributed by atoms with van der Waals surface area (Å²) in [5.74, 6) is -0.895. The van der Waals surface area contributed by atoms with Crippen molar-refractivity contribution < 1.29 is 23.5 Å². The Bertz CT molecular complexity index is 631. The lowest BCUT2D eigenvalue weighted by atomic mass is 10.1. The summed E-state index contributed by atoms with van der Waals surface area (Å²) in [6.45, 7) is 5.45. The van der Waals surface area contributed by atoms with Crippen molar-refractivity contribution >= 4 is 17.6 Å². The van der Waals surface area contributed by atoms with Crippen molar-refractivity contribution in [1.82, 2.24) is 4.90 Å². The van der Waals surface area contributed by atoms with E-state index in [-0.39, 0.29) is 12.4 Å². The Kier molecular flexibility index (Phi) is 4.73. The van der Waals surface area contributed by atoms with Gasteiger partial charge >= 0.3 is 12.1 Å². The van der Waals surface area contributed by atoms with Crippen LogP contribution in [0.4, 0.5) is 9.18 Å². The third kappa shape index (κ3) is 4.09. The van der Waals surface area contributed by atoms with Crippen molar-refractivity contribution in [1.29, 1.82) is 0 Å². The highest BCUT2D eigenvalue weighted by Gasteiger charge is 2.37. The molecular formula is C17H20FNO4. The van der Waals surface area contributed by atoms with Gasteiger partial charge < -0.3 is 9.47 Å². The summed E-state index contributed by atoms with van der Waals surface area (Å²) in [5.41, 5.74) is 0.814. The van der Waals surface area contributed by atoms with Gasteiger partial charge in [-0.05, 0) is 50.1 Å². The number of carbonyl (C=O) groups excluding carboxylic acids is 2. The highest BCUT2D eigenvalue weighted by molar-refractivity contribution is 5.90. The molecule has 0 aliphatic carbocycles. The third-order valence-corrected chi connectivity index (χ3v) is 3.32. The third-order valence-electron chi connectivity index (χ3n) is 3.32. The standard InChI is InChI=1S/C17H20FNO4/c1-17(2,3)23-16(21)19-10-12(9-14(19)15(20)22-4)11-5-7-13(18)8-6-11/h5-9,14H,10H2,1-4H3/t14-/m1/s1. The zero-order chi connectivity index (χ0) is 17.2. The summed E-state index contributed by atoms with van der Waals surface area (Å²) in [4.78, 5) is 25.6. The zero-order valence-corrected chi connectivity index (χ0v) is 13.6. The maximum atomic E-state index is 13.0. The minimum Gasteiger partial charge on any atom is -0.467 e. The highest BCUT2D eigenvalue weighted by atomic mass is 19.1. The molecule has 0 bridgehead atoms. The minimum atomic E-state index is -0.852. The number of halogens is 1. The van der Waals surface area contributed by atoms with E-state index < -0.39 is 23.7 Å². The summed E-state index contributed by atoms with van der Waals surface area (Å²) >= 11 is 0. The number of amides is 1. The fraction of sp³-hybridized carbons (Fsp3) is 0.412. The SMILES string of the molecule is COC(=O)[C@H]1C=C(c2ccc(F)cc2)CN1C(=O)OC(C)(C)C. The molecule has 0 spiro atoms. The second kappa shape index (κ2) is 6.40. The van der Waals surface area contributed by atoms with E-state index in [4.69, 9.17) is 9.47 Å². The Morgan fingerprint density at radius 1 is 1.22 bits per heavy atom. The molecule has 1 atom stereocenters. The molecule has 0 saturated carbocycles. The summed E-state index contributed by atoms with van der Waals surface area (Å²) in [7, 11) is 1.26. The van der Waals surface area contributed by atoms with Crippen molar-refractivity contribution in [3.05, 3.63) is 41.7 Å². The summed E-state index contributed by atoms with van der Waals surface area (Å²) in [6, 6.07) is 5.02. The number of ether oxygens (including phenoxy) is 2. The molecule has 0 N–H and O–H groups in total. The van der Waals surface area contributed by atoms with Crippen LogP contribution in [0.2, 0.25) is 0 Å². The number of benzene rings is 1. The van der Waals surface area contributed by atoms with Crippen LogP contribution in [0.5, 0.6) is 0 Å². The second-order valence-electron chi connectivity index (χ2n) is 6.28. The van der Waals surface area contributed by atoms with E-state index in [9.17, 15) is 14.0 Å². The molecule has 1 amide bonds. The first-order valence-corrected chi connectivity index (χ1v) is 7.25. The molecule has 6 heteroatoms. The maximum absolute atomic E-state index is 13.0. The molecule has 2 rings (SSSR count). The number of carbonyl (C=O) groups is 2. The highest BCUT2D eigenvalue weighted by Crippen LogP contribution is 2.27. The van der Waals surface area contributed by atoms with E-state index in [1.54, 1.807) is 39.0 Å². The van der Waals surface area contributed by atoms with Gasteiger partial charge in [0.2, 0.25) is 0 Å². The van der Waals surface area contributed by atoms with Crippen molar-refractivity contribution in [2.24, 2.45) is 0 Å². The molecule has 1 aromatic carbocycles. The van der Waals surface area contributed by atoms with Crippen molar-refractivity contribution in [2.75, 3.05) is 13.7 Å². The fourth-order valence-corrected chi connectivity index (χ4v) is 2.28. The normalized spacial score (nSPS) is 17.7. The molecule has 1 heterocycles. The Balaban J connectivity index is 2.26. The predicted octanol–water partition coefficient (Wildman–Crippen LogP) is 3.00. The van der Waals surface area contributed by atoms with E-state index in [0.29, 0.717) is 0 Å². The van der Waals surface area contributed by atoms with E-state index in [2.05, 4.69) is 0 Å². The molecule has 0 saturated heterocycles. The quantitative estimate of drug-likeness (QED) is 0.786. The van der Waals surface area contributed by atoms with Gasteiger partial charge in [-0.2, -0.15) is 0 Å². The van der Waals surface area contributed by atoms with Crippen molar-refractivity contribution in [2.45, 2.75) is 32.4 Å². The smallest absolute Gasteiger partial charge is 0.411 e. The van der Waals surface area contributed by atoms with Crippen LogP contribution in [0.1, 0.15) is 26.3 Å².